The Bertz CT molecular complexity index is 717. The van der Waals surface area contributed by atoms with E-state index in [0.29, 0.717) is 5.02 Å². The maximum Gasteiger partial charge on any atom is 0.230 e. The number of carbonyl (C=O) groups is 1. The van der Waals surface area contributed by atoms with Crippen LogP contribution in [0.4, 0.5) is 5.69 Å². The van der Waals surface area contributed by atoms with E-state index >= 15 is 0 Å². The molecule has 0 heterocycles. The SMILES string of the molecule is COc1ccc(CC(=O)NC(=S)Nc2cccc(Cl)c2C)cc1. The predicted octanol–water partition coefficient (Wildman–Crippen LogP) is 3.71. The van der Waals surface area contributed by atoms with Crippen molar-refractivity contribution < 1.29 is 9.53 Å². The van der Waals surface area contributed by atoms with Crippen molar-refractivity contribution in [2.75, 3.05) is 12.4 Å². The van der Waals surface area contributed by atoms with Crippen molar-refractivity contribution in [3.8, 4) is 5.75 Å². The predicted molar refractivity (Wildman–Crippen MR) is 97.3 cm³/mol. The molecule has 2 rings (SSSR count). The standard InChI is InChI=1S/C17H17ClN2O2S/c1-11-14(18)4-3-5-15(11)19-17(23)20-16(21)10-12-6-8-13(22-2)9-7-12/h3-9H,10H2,1-2H3,(H2,19,20,21,23). The van der Waals surface area contributed by atoms with Crippen LogP contribution in [0.5, 0.6) is 5.75 Å². The lowest BCUT2D eigenvalue weighted by Crippen LogP contribution is -2.35. The summed E-state index contributed by atoms with van der Waals surface area (Å²) in [5.41, 5.74) is 2.53. The molecule has 0 fully saturated rings. The van der Waals surface area contributed by atoms with E-state index < -0.39 is 0 Å². The van der Waals surface area contributed by atoms with Crippen molar-refractivity contribution in [1.82, 2.24) is 5.32 Å². The number of methoxy groups -OCH3 is 1. The second kappa shape index (κ2) is 7.94. The quantitative estimate of drug-likeness (QED) is 0.827. The minimum Gasteiger partial charge on any atom is -0.497 e. The molecule has 2 aromatic rings. The topological polar surface area (TPSA) is 50.4 Å². The third kappa shape index (κ3) is 4.94. The molecule has 120 valence electrons. The normalized spacial score (nSPS) is 10.0. The lowest BCUT2D eigenvalue weighted by molar-refractivity contribution is -0.119. The first-order valence-corrected chi connectivity index (χ1v) is 7.77. The third-order valence-electron chi connectivity index (χ3n) is 3.29. The molecule has 0 spiro atoms. The largest absolute Gasteiger partial charge is 0.497 e. The number of halogens is 1. The van der Waals surface area contributed by atoms with Crippen molar-refractivity contribution in [2.24, 2.45) is 0 Å². The fourth-order valence-corrected chi connectivity index (χ4v) is 2.39. The summed E-state index contributed by atoms with van der Waals surface area (Å²) in [5, 5.41) is 6.53. The summed E-state index contributed by atoms with van der Waals surface area (Å²) >= 11 is 11.2. The summed E-state index contributed by atoms with van der Waals surface area (Å²) in [5.74, 6) is 0.565. The van der Waals surface area contributed by atoms with Crippen LogP contribution in [0.3, 0.4) is 0 Å². The number of hydrogen-bond donors (Lipinski definition) is 2. The fraction of sp³-hybridized carbons (Fsp3) is 0.176. The van der Waals surface area contributed by atoms with Gasteiger partial charge in [0.25, 0.3) is 0 Å². The number of rotatable bonds is 4. The summed E-state index contributed by atoms with van der Waals surface area (Å²) in [7, 11) is 1.60. The Balaban J connectivity index is 1.91. The van der Waals surface area contributed by atoms with Gasteiger partial charge in [-0.15, -0.1) is 0 Å². The van der Waals surface area contributed by atoms with Crippen LogP contribution in [0.1, 0.15) is 11.1 Å². The Hall–Kier alpha value is -2.11. The Morgan fingerprint density at radius 2 is 1.91 bits per heavy atom. The van der Waals surface area contributed by atoms with Gasteiger partial charge in [-0.1, -0.05) is 29.8 Å². The van der Waals surface area contributed by atoms with E-state index in [2.05, 4.69) is 10.6 Å². The van der Waals surface area contributed by atoms with Gasteiger partial charge in [-0.25, -0.2) is 0 Å². The summed E-state index contributed by atoms with van der Waals surface area (Å²) in [6, 6.07) is 12.8. The van der Waals surface area contributed by atoms with Crippen molar-refractivity contribution in [1.29, 1.82) is 0 Å². The number of nitrogens with one attached hydrogen (secondary N) is 2. The van der Waals surface area contributed by atoms with Crippen LogP contribution in [0, 0.1) is 6.92 Å². The molecule has 0 bridgehead atoms. The van der Waals surface area contributed by atoms with Gasteiger partial charge in [-0.05, 0) is 54.5 Å². The van der Waals surface area contributed by atoms with Crippen molar-refractivity contribution >= 4 is 40.5 Å². The second-order valence-corrected chi connectivity index (χ2v) is 5.75. The Morgan fingerprint density at radius 3 is 2.57 bits per heavy atom. The zero-order valence-electron chi connectivity index (χ0n) is 12.9. The molecule has 1 amide bonds. The monoisotopic (exact) mass is 348 g/mol. The number of anilines is 1. The number of ether oxygens (including phenoxy) is 1. The van der Waals surface area contributed by atoms with E-state index in [1.54, 1.807) is 13.2 Å². The highest BCUT2D eigenvalue weighted by atomic mass is 35.5. The first kappa shape index (κ1) is 17.2. The maximum absolute atomic E-state index is 12.0. The van der Waals surface area contributed by atoms with E-state index in [1.807, 2.05) is 43.3 Å². The lowest BCUT2D eigenvalue weighted by Gasteiger charge is -2.12. The van der Waals surface area contributed by atoms with Crippen LogP contribution in [-0.2, 0) is 11.2 Å². The van der Waals surface area contributed by atoms with Gasteiger partial charge in [-0.3, -0.25) is 4.79 Å². The van der Waals surface area contributed by atoms with E-state index in [-0.39, 0.29) is 17.4 Å². The zero-order chi connectivity index (χ0) is 16.8. The highest BCUT2D eigenvalue weighted by Crippen LogP contribution is 2.22. The average Bonchev–Trinajstić information content (AvgIpc) is 2.52. The molecule has 2 N–H and O–H groups in total. The van der Waals surface area contributed by atoms with Crippen molar-refractivity contribution in [3.05, 3.63) is 58.6 Å². The van der Waals surface area contributed by atoms with Gasteiger partial charge in [0.05, 0.1) is 13.5 Å². The molecule has 0 radical (unpaired) electrons. The van der Waals surface area contributed by atoms with E-state index in [4.69, 9.17) is 28.6 Å². The molecule has 0 aliphatic carbocycles. The van der Waals surface area contributed by atoms with Crippen LogP contribution >= 0.6 is 23.8 Å². The van der Waals surface area contributed by atoms with E-state index in [1.165, 1.54) is 0 Å². The number of hydrogen-bond acceptors (Lipinski definition) is 3. The summed E-state index contributed by atoms with van der Waals surface area (Å²) in [6.07, 6.45) is 0.236. The Morgan fingerprint density at radius 1 is 1.22 bits per heavy atom. The Labute approximate surface area is 145 Å². The van der Waals surface area contributed by atoms with Crippen LogP contribution in [0.25, 0.3) is 0 Å². The number of benzene rings is 2. The number of amides is 1. The molecule has 6 heteroatoms. The first-order chi connectivity index (χ1) is 11.0. The molecule has 4 nitrogen and oxygen atoms in total. The molecular weight excluding hydrogens is 332 g/mol. The van der Waals surface area contributed by atoms with Crippen molar-refractivity contribution in [2.45, 2.75) is 13.3 Å². The summed E-state index contributed by atoms with van der Waals surface area (Å²) in [6.45, 7) is 1.88. The average molecular weight is 349 g/mol. The van der Waals surface area contributed by atoms with Crippen LogP contribution < -0.4 is 15.4 Å². The van der Waals surface area contributed by atoms with Crippen molar-refractivity contribution in [3.63, 3.8) is 0 Å². The lowest BCUT2D eigenvalue weighted by atomic mass is 10.1. The highest BCUT2D eigenvalue weighted by molar-refractivity contribution is 7.80. The fourth-order valence-electron chi connectivity index (χ4n) is 2.00. The molecular formula is C17H17ClN2O2S. The molecule has 0 aliphatic heterocycles. The van der Waals surface area contributed by atoms with Crippen LogP contribution in [-0.4, -0.2) is 18.1 Å². The smallest absolute Gasteiger partial charge is 0.230 e. The minimum absolute atomic E-state index is 0.188. The minimum atomic E-state index is -0.188. The van der Waals surface area contributed by atoms with Gasteiger partial charge < -0.3 is 15.4 Å². The van der Waals surface area contributed by atoms with E-state index in [9.17, 15) is 4.79 Å². The Kier molecular flexibility index (Phi) is 5.96. The molecule has 0 aliphatic rings. The van der Waals surface area contributed by atoms with Crippen LogP contribution in [0.15, 0.2) is 42.5 Å². The molecule has 0 saturated carbocycles. The van der Waals surface area contributed by atoms with Gasteiger partial charge >= 0.3 is 0 Å². The summed E-state index contributed by atoms with van der Waals surface area (Å²) in [4.78, 5) is 12.0. The van der Waals surface area contributed by atoms with Gasteiger partial charge in [0.2, 0.25) is 5.91 Å². The number of thiocarbonyl (C=S) groups is 1. The number of carbonyl (C=O) groups excluding carboxylic acids is 1. The first-order valence-electron chi connectivity index (χ1n) is 6.98. The zero-order valence-corrected chi connectivity index (χ0v) is 14.4. The second-order valence-electron chi connectivity index (χ2n) is 4.94. The summed E-state index contributed by atoms with van der Waals surface area (Å²) < 4.78 is 5.08. The third-order valence-corrected chi connectivity index (χ3v) is 3.91. The highest BCUT2D eigenvalue weighted by Gasteiger charge is 2.08. The van der Waals surface area contributed by atoms with Gasteiger partial charge in [-0.2, -0.15) is 0 Å². The molecule has 0 atom stereocenters. The maximum atomic E-state index is 12.0. The molecule has 0 aromatic heterocycles. The molecule has 2 aromatic carbocycles. The van der Waals surface area contributed by atoms with E-state index in [0.717, 1.165) is 22.6 Å². The van der Waals surface area contributed by atoms with Gasteiger partial charge in [0.15, 0.2) is 5.11 Å². The van der Waals surface area contributed by atoms with Gasteiger partial charge in [0.1, 0.15) is 5.75 Å². The molecule has 0 unspecified atom stereocenters. The molecule has 23 heavy (non-hydrogen) atoms. The van der Waals surface area contributed by atoms with Crippen LogP contribution in [0.2, 0.25) is 5.02 Å². The molecule has 0 saturated heterocycles. The van der Waals surface area contributed by atoms with Gasteiger partial charge in [0, 0.05) is 10.7 Å².